The molecule has 8 heteroatoms. The third-order valence-electron chi connectivity index (χ3n) is 5.24. The molecular weight excluding hydrogens is 404 g/mol. The van der Waals surface area contributed by atoms with E-state index in [2.05, 4.69) is 31.9 Å². The average molecular weight is 423 g/mol. The van der Waals surface area contributed by atoms with Crippen LogP contribution in [0.5, 0.6) is 0 Å². The van der Waals surface area contributed by atoms with E-state index in [1.54, 1.807) is 13.0 Å². The summed E-state index contributed by atoms with van der Waals surface area (Å²) in [6, 6.07) is 17.8. The molecule has 0 amide bonds. The minimum atomic E-state index is -3.78. The largest absolute Gasteiger partial charge is 0.269 e. The summed E-state index contributed by atoms with van der Waals surface area (Å²) in [7, 11) is -3.78. The molecule has 0 fully saturated rings. The lowest BCUT2D eigenvalue weighted by Gasteiger charge is -2.22. The molecule has 0 saturated carbocycles. The molecule has 0 bridgehead atoms. The molecule has 0 radical (unpaired) electrons. The predicted molar refractivity (Wildman–Crippen MR) is 116 cm³/mol. The molecule has 0 unspecified atom stereocenters. The van der Waals surface area contributed by atoms with Gasteiger partial charge in [-0.1, -0.05) is 48.5 Å². The van der Waals surface area contributed by atoms with Gasteiger partial charge >= 0.3 is 0 Å². The molecule has 29 heavy (non-hydrogen) atoms. The minimum absolute atomic E-state index is 0.233. The molecule has 1 aliphatic heterocycles. The third kappa shape index (κ3) is 2.99. The number of hydrogen-bond donors (Lipinski definition) is 0. The van der Waals surface area contributed by atoms with Gasteiger partial charge in [0.2, 0.25) is 0 Å². The monoisotopic (exact) mass is 422 g/mol. The molecule has 0 atom stereocenters. The van der Waals surface area contributed by atoms with Gasteiger partial charge in [-0.05, 0) is 34.9 Å². The molecule has 6 nitrogen and oxygen atoms in total. The molecule has 3 aromatic carbocycles. The summed E-state index contributed by atoms with van der Waals surface area (Å²) in [5, 5.41) is 2.25. The lowest BCUT2D eigenvalue weighted by Crippen LogP contribution is -2.36. The summed E-state index contributed by atoms with van der Waals surface area (Å²) in [5.74, 6) is 0.570. The Bertz CT molecular complexity index is 1370. The van der Waals surface area contributed by atoms with Crippen molar-refractivity contribution in [3.63, 3.8) is 0 Å². The summed E-state index contributed by atoms with van der Waals surface area (Å²) < 4.78 is 37.1. The molecule has 0 N–H and O–H groups in total. The third-order valence-corrected chi connectivity index (χ3v) is 7.79. The smallest absolute Gasteiger partial charge is 0.267 e. The number of benzene rings is 3. The maximum atomic E-state index is 13.6. The summed E-state index contributed by atoms with van der Waals surface area (Å²) in [6.07, 6.45) is 0.463. The van der Waals surface area contributed by atoms with Crippen LogP contribution in [0.3, 0.4) is 0 Å². The van der Waals surface area contributed by atoms with Crippen molar-refractivity contribution in [3.8, 4) is 0 Å². The highest BCUT2D eigenvalue weighted by atomic mass is 32.2. The van der Waals surface area contributed by atoms with Crippen molar-refractivity contribution < 1.29 is 8.42 Å². The van der Waals surface area contributed by atoms with Crippen molar-refractivity contribution in [2.45, 2.75) is 18.2 Å². The molecule has 146 valence electrons. The fourth-order valence-electron chi connectivity index (χ4n) is 3.86. The molecular formula is C21H18N4O2S2. The minimum Gasteiger partial charge on any atom is -0.269 e. The van der Waals surface area contributed by atoms with Crippen LogP contribution in [0.1, 0.15) is 11.1 Å². The maximum Gasteiger partial charge on any atom is 0.267 e. The lowest BCUT2D eigenvalue weighted by molar-refractivity contribution is 0.536. The van der Waals surface area contributed by atoms with Gasteiger partial charge in [-0.15, -0.1) is 0 Å². The fraction of sp³-hybridized carbons (Fsp3) is 0.190. The quantitative estimate of drug-likeness (QED) is 0.501. The van der Waals surface area contributed by atoms with Crippen LogP contribution in [0.25, 0.3) is 21.8 Å². The van der Waals surface area contributed by atoms with Crippen LogP contribution in [-0.4, -0.2) is 40.4 Å². The molecule has 2 heterocycles. The van der Waals surface area contributed by atoms with Crippen molar-refractivity contribution in [1.29, 1.82) is 0 Å². The molecule has 1 aliphatic rings. The second-order valence-corrected chi connectivity index (χ2v) is 9.36. The van der Waals surface area contributed by atoms with Gasteiger partial charge in [-0.25, -0.2) is 8.42 Å². The van der Waals surface area contributed by atoms with Gasteiger partial charge in [-0.3, -0.25) is 9.30 Å². The first-order valence-corrected chi connectivity index (χ1v) is 11.5. The Morgan fingerprint density at radius 3 is 2.76 bits per heavy atom. The Balaban J connectivity index is 1.57. The molecule has 5 rings (SSSR count). The zero-order chi connectivity index (χ0) is 20.0. The number of nitrogens with zero attached hydrogens (tertiary/aromatic N) is 4. The van der Waals surface area contributed by atoms with Gasteiger partial charge in [-0.2, -0.15) is 8.75 Å². The van der Waals surface area contributed by atoms with E-state index < -0.39 is 10.0 Å². The number of hydrogen-bond acceptors (Lipinski definition) is 6. The highest BCUT2D eigenvalue weighted by Crippen LogP contribution is 2.30. The fourth-order valence-corrected chi connectivity index (χ4v) is 6.27. The van der Waals surface area contributed by atoms with Crippen molar-refractivity contribution >= 4 is 49.4 Å². The number of aromatic nitrogens is 2. The Labute approximate surface area is 172 Å². The van der Waals surface area contributed by atoms with Gasteiger partial charge in [0.1, 0.15) is 21.8 Å². The van der Waals surface area contributed by atoms with E-state index in [0.717, 1.165) is 28.1 Å². The predicted octanol–water partition coefficient (Wildman–Crippen LogP) is 3.80. The Hall–Kier alpha value is -2.84. The van der Waals surface area contributed by atoms with Gasteiger partial charge < -0.3 is 0 Å². The van der Waals surface area contributed by atoms with E-state index in [4.69, 9.17) is 0 Å². The first kappa shape index (κ1) is 18.2. The molecule has 4 aromatic rings. The normalized spacial score (nSPS) is 14.7. The van der Waals surface area contributed by atoms with Crippen LogP contribution in [0.2, 0.25) is 0 Å². The maximum absolute atomic E-state index is 13.6. The van der Waals surface area contributed by atoms with Gasteiger partial charge in [0, 0.05) is 6.42 Å². The van der Waals surface area contributed by atoms with E-state index in [-0.39, 0.29) is 4.90 Å². The number of rotatable bonds is 4. The number of amidine groups is 1. The van der Waals surface area contributed by atoms with Crippen molar-refractivity contribution in [3.05, 3.63) is 65.7 Å². The standard InChI is InChI=1S/C21H18N4O2S2/c1-14-9-10-18-20(24-28-23-18)21(14)29(26,27)25-12-11-22-19(25)13-16-7-4-6-15-5-2-3-8-17(15)16/h2-10H,11-13H2,1H3. The highest BCUT2D eigenvalue weighted by Gasteiger charge is 2.34. The van der Waals surface area contributed by atoms with Crippen LogP contribution in [0.4, 0.5) is 0 Å². The second-order valence-electron chi connectivity index (χ2n) is 7.03. The Kier molecular flexibility index (Phi) is 4.33. The summed E-state index contributed by atoms with van der Waals surface area (Å²) in [6.45, 7) is 2.60. The van der Waals surface area contributed by atoms with E-state index in [0.29, 0.717) is 41.9 Å². The number of aryl methyl sites for hydroxylation is 1. The molecule has 1 aromatic heterocycles. The van der Waals surface area contributed by atoms with Crippen LogP contribution in [0.15, 0.2) is 64.5 Å². The first-order valence-electron chi connectivity index (χ1n) is 9.30. The first-order chi connectivity index (χ1) is 14.1. The topological polar surface area (TPSA) is 75.5 Å². The molecule has 0 saturated heterocycles. The van der Waals surface area contributed by atoms with E-state index in [1.165, 1.54) is 4.31 Å². The lowest BCUT2D eigenvalue weighted by atomic mass is 10.0. The van der Waals surface area contributed by atoms with Crippen molar-refractivity contribution in [1.82, 2.24) is 13.1 Å². The van der Waals surface area contributed by atoms with Gasteiger partial charge in [0.25, 0.3) is 10.0 Å². The van der Waals surface area contributed by atoms with Crippen LogP contribution < -0.4 is 0 Å². The second kappa shape index (κ2) is 6.89. The van der Waals surface area contributed by atoms with Gasteiger partial charge in [0.05, 0.1) is 24.8 Å². The van der Waals surface area contributed by atoms with Crippen molar-refractivity contribution in [2.24, 2.45) is 4.99 Å². The Morgan fingerprint density at radius 1 is 1.03 bits per heavy atom. The summed E-state index contributed by atoms with van der Waals surface area (Å²) >= 11 is 1.03. The average Bonchev–Trinajstić information content (AvgIpc) is 3.37. The van der Waals surface area contributed by atoms with Crippen LogP contribution in [-0.2, 0) is 16.4 Å². The van der Waals surface area contributed by atoms with Crippen molar-refractivity contribution in [2.75, 3.05) is 13.1 Å². The number of aliphatic imine (C=N–C) groups is 1. The summed E-state index contributed by atoms with van der Waals surface area (Å²) in [5.41, 5.74) is 2.77. The highest BCUT2D eigenvalue weighted by molar-refractivity contribution is 7.90. The van der Waals surface area contributed by atoms with Crippen LogP contribution >= 0.6 is 11.7 Å². The number of sulfonamides is 1. The van der Waals surface area contributed by atoms with E-state index in [1.807, 2.05) is 30.3 Å². The molecule has 0 aliphatic carbocycles. The van der Waals surface area contributed by atoms with E-state index in [9.17, 15) is 8.42 Å². The van der Waals surface area contributed by atoms with Crippen LogP contribution in [0, 0.1) is 6.92 Å². The zero-order valence-corrected chi connectivity index (χ0v) is 17.4. The SMILES string of the molecule is Cc1ccc2nsnc2c1S(=O)(=O)N1CCN=C1Cc1cccc2ccccc12. The summed E-state index contributed by atoms with van der Waals surface area (Å²) in [4.78, 5) is 4.77. The zero-order valence-electron chi connectivity index (χ0n) is 15.7. The molecule has 0 spiro atoms. The number of fused-ring (bicyclic) bond motifs is 2. The Morgan fingerprint density at radius 2 is 1.86 bits per heavy atom. The van der Waals surface area contributed by atoms with Gasteiger partial charge in [0.15, 0.2) is 0 Å². The van der Waals surface area contributed by atoms with E-state index >= 15 is 0 Å².